The number of rotatable bonds is 14. The Bertz CT molecular complexity index is 1130. The summed E-state index contributed by atoms with van der Waals surface area (Å²) < 4.78 is 109. The highest BCUT2D eigenvalue weighted by atomic mass is 19.4. The van der Waals surface area contributed by atoms with Crippen molar-refractivity contribution in [1.82, 2.24) is 0 Å². The van der Waals surface area contributed by atoms with Crippen molar-refractivity contribution in [1.29, 1.82) is 0 Å². The number of carbonyl (C=O) groups is 2. The fraction of sp³-hybridized carbons (Fsp3) is 0.429. The zero-order valence-corrected chi connectivity index (χ0v) is 21.7. The monoisotopic (exact) mass is 578 g/mol. The first kappa shape index (κ1) is 32.6. The molecule has 12 heteroatoms. The quantitative estimate of drug-likeness (QED) is 0.0751. The molecule has 0 aliphatic heterocycles. The van der Waals surface area contributed by atoms with Crippen molar-refractivity contribution in [3.63, 3.8) is 0 Å². The number of alkyl halides is 6. The van der Waals surface area contributed by atoms with Gasteiger partial charge in [-0.1, -0.05) is 44.4 Å². The van der Waals surface area contributed by atoms with Gasteiger partial charge in [-0.05, 0) is 49.6 Å². The third-order valence-corrected chi connectivity index (χ3v) is 6.15. The van der Waals surface area contributed by atoms with Gasteiger partial charge in [-0.25, -0.2) is 14.0 Å². The van der Waals surface area contributed by atoms with E-state index in [4.69, 9.17) is 14.2 Å². The van der Waals surface area contributed by atoms with Crippen LogP contribution in [-0.4, -0.2) is 37.5 Å². The largest absolute Gasteiger partial charge is 0.493 e. The second-order valence-corrected chi connectivity index (χ2v) is 9.02. The maximum atomic E-state index is 14.5. The maximum absolute atomic E-state index is 14.5. The number of ether oxygens (including phenoxy) is 3. The second-order valence-electron chi connectivity index (χ2n) is 9.02. The molecule has 0 aliphatic rings. The second kappa shape index (κ2) is 14.2. The third-order valence-electron chi connectivity index (χ3n) is 6.15. The Labute approximate surface area is 226 Å². The summed E-state index contributed by atoms with van der Waals surface area (Å²) in [5.74, 6) is -2.81. The Morgan fingerprint density at radius 1 is 0.800 bits per heavy atom. The van der Waals surface area contributed by atoms with Crippen molar-refractivity contribution < 1.29 is 54.5 Å². The van der Waals surface area contributed by atoms with Gasteiger partial charge in [0.05, 0.1) is 18.8 Å². The van der Waals surface area contributed by atoms with Gasteiger partial charge in [0.15, 0.2) is 5.41 Å². The summed E-state index contributed by atoms with van der Waals surface area (Å²) in [5.41, 5.74) is -5.72. The average molecular weight is 579 g/mol. The number of esters is 2. The number of unbranched alkanes of at least 4 members (excludes halogenated alkanes) is 5. The molecule has 0 saturated carbocycles. The van der Waals surface area contributed by atoms with Crippen molar-refractivity contribution in [2.45, 2.75) is 63.2 Å². The highest BCUT2D eigenvalue weighted by Crippen LogP contribution is 2.51. The summed E-state index contributed by atoms with van der Waals surface area (Å²) in [7, 11) is 0. The van der Waals surface area contributed by atoms with E-state index >= 15 is 0 Å². The summed E-state index contributed by atoms with van der Waals surface area (Å²) in [6.45, 7) is 3.98. The van der Waals surface area contributed by atoms with Gasteiger partial charge in [0.1, 0.15) is 17.3 Å². The summed E-state index contributed by atoms with van der Waals surface area (Å²) >= 11 is 0. The number of hydrogen-bond donors (Lipinski definition) is 0. The van der Waals surface area contributed by atoms with E-state index in [1.54, 1.807) is 0 Å². The molecule has 5 nitrogen and oxygen atoms in total. The van der Waals surface area contributed by atoms with Crippen LogP contribution in [0.2, 0.25) is 0 Å². The number of carbonyl (C=O) groups excluding carboxylic acids is 2. The van der Waals surface area contributed by atoms with Crippen LogP contribution in [0.25, 0.3) is 0 Å². The van der Waals surface area contributed by atoms with E-state index in [9.17, 15) is 40.3 Å². The van der Waals surface area contributed by atoms with Crippen LogP contribution in [0.15, 0.2) is 55.1 Å². The van der Waals surface area contributed by atoms with E-state index < -0.39 is 46.7 Å². The van der Waals surface area contributed by atoms with Crippen LogP contribution >= 0.6 is 0 Å². The van der Waals surface area contributed by atoms with Gasteiger partial charge >= 0.3 is 24.3 Å². The van der Waals surface area contributed by atoms with Crippen LogP contribution in [0.5, 0.6) is 11.5 Å². The highest BCUT2D eigenvalue weighted by Gasteiger charge is 2.68. The molecule has 0 aliphatic carbocycles. The van der Waals surface area contributed by atoms with Crippen molar-refractivity contribution in [2.24, 2.45) is 0 Å². The van der Waals surface area contributed by atoms with Crippen LogP contribution in [-0.2, 0) is 14.9 Å². The molecule has 2 aromatic rings. The highest BCUT2D eigenvalue weighted by molar-refractivity contribution is 5.91. The standard InChI is InChI=1S/C28H29F7O5/c1-3-24(36)39-17-9-7-5-4-6-8-16-38-21-14-15-22(23(29)18-21)25(37)40-20-12-10-19(11-13-20)26(2,27(30,31)32)28(33,34)35/h3,10-15,18H,1,4-9,16-17H2,2H3. The summed E-state index contributed by atoms with van der Waals surface area (Å²) in [4.78, 5) is 23.2. The van der Waals surface area contributed by atoms with Gasteiger partial charge < -0.3 is 14.2 Å². The van der Waals surface area contributed by atoms with Crippen LogP contribution in [0.3, 0.4) is 0 Å². The first-order valence-corrected chi connectivity index (χ1v) is 12.4. The van der Waals surface area contributed by atoms with E-state index in [-0.39, 0.29) is 18.4 Å². The van der Waals surface area contributed by atoms with Crippen molar-refractivity contribution in [2.75, 3.05) is 13.2 Å². The molecule has 220 valence electrons. The first-order valence-electron chi connectivity index (χ1n) is 12.4. The molecular weight excluding hydrogens is 549 g/mol. The van der Waals surface area contributed by atoms with Crippen molar-refractivity contribution >= 4 is 11.9 Å². The lowest BCUT2D eigenvalue weighted by Gasteiger charge is -2.34. The normalized spacial score (nSPS) is 12.1. The van der Waals surface area contributed by atoms with E-state index in [1.165, 1.54) is 6.07 Å². The van der Waals surface area contributed by atoms with Gasteiger partial charge in [0.25, 0.3) is 0 Å². The molecule has 0 heterocycles. The first-order chi connectivity index (χ1) is 18.7. The van der Waals surface area contributed by atoms with Gasteiger partial charge in [0, 0.05) is 12.1 Å². The Balaban J connectivity index is 1.83. The van der Waals surface area contributed by atoms with Crippen molar-refractivity contribution in [3.8, 4) is 11.5 Å². The van der Waals surface area contributed by atoms with E-state index in [0.717, 1.165) is 62.4 Å². The van der Waals surface area contributed by atoms with E-state index in [1.807, 2.05) is 0 Å². The van der Waals surface area contributed by atoms with Gasteiger partial charge in [0.2, 0.25) is 0 Å². The molecule has 40 heavy (non-hydrogen) atoms. The summed E-state index contributed by atoms with van der Waals surface area (Å²) in [6, 6.07) is 6.07. The molecular formula is C28H29F7O5. The Kier molecular flexibility index (Phi) is 11.6. The zero-order chi connectivity index (χ0) is 30.0. The predicted molar refractivity (Wildman–Crippen MR) is 132 cm³/mol. The Hall–Kier alpha value is -3.57. The van der Waals surface area contributed by atoms with Gasteiger partial charge in [-0.2, -0.15) is 26.3 Å². The smallest absolute Gasteiger partial charge is 0.406 e. The molecule has 0 fully saturated rings. The van der Waals surface area contributed by atoms with Crippen LogP contribution < -0.4 is 9.47 Å². The zero-order valence-electron chi connectivity index (χ0n) is 21.7. The van der Waals surface area contributed by atoms with Crippen LogP contribution in [0, 0.1) is 5.82 Å². The van der Waals surface area contributed by atoms with E-state index in [0.29, 0.717) is 31.8 Å². The lowest BCUT2D eigenvalue weighted by molar-refractivity contribution is -0.297. The molecule has 0 aromatic heterocycles. The third kappa shape index (κ3) is 8.72. The molecule has 2 aromatic carbocycles. The Morgan fingerprint density at radius 3 is 1.85 bits per heavy atom. The molecule has 0 spiro atoms. The van der Waals surface area contributed by atoms with Crippen LogP contribution in [0.4, 0.5) is 30.7 Å². The average Bonchev–Trinajstić information content (AvgIpc) is 2.88. The summed E-state index contributed by atoms with van der Waals surface area (Å²) in [5, 5.41) is 0. The van der Waals surface area contributed by atoms with Gasteiger partial charge in [-0.3, -0.25) is 0 Å². The fourth-order valence-corrected chi connectivity index (χ4v) is 3.59. The maximum Gasteiger partial charge on any atom is 0.406 e. The van der Waals surface area contributed by atoms with Gasteiger partial charge in [-0.15, -0.1) is 0 Å². The lowest BCUT2D eigenvalue weighted by atomic mass is 9.81. The fourth-order valence-electron chi connectivity index (χ4n) is 3.59. The molecule has 0 radical (unpaired) electrons. The Morgan fingerprint density at radius 2 is 1.32 bits per heavy atom. The number of benzene rings is 2. The lowest BCUT2D eigenvalue weighted by Crippen LogP contribution is -2.51. The van der Waals surface area contributed by atoms with E-state index in [2.05, 4.69) is 6.58 Å². The minimum Gasteiger partial charge on any atom is -0.493 e. The summed E-state index contributed by atoms with van der Waals surface area (Å²) in [6.07, 6.45) is -5.03. The molecule has 0 bridgehead atoms. The van der Waals surface area contributed by atoms with Crippen LogP contribution in [0.1, 0.15) is 61.4 Å². The SMILES string of the molecule is C=CC(=O)OCCCCCCCCOc1ccc(C(=O)Oc2ccc(C(C)(C(F)(F)F)C(F)(F)F)cc2)c(F)c1. The molecule has 0 atom stereocenters. The predicted octanol–water partition coefficient (Wildman–Crippen LogP) is 7.88. The minimum atomic E-state index is -5.62. The number of hydrogen-bond acceptors (Lipinski definition) is 5. The number of halogens is 7. The van der Waals surface area contributed by atoms with Crippen molar-refractivity contribution in [3.05, 3.63) is 72.1 Å². The topological polar surface area (TPSA) is 61.8 Å². The molecule has 2 rings (SSSR count). The molecule has 0 amide bonds. The molecule has 0 N–H and O–H groups in total. The molecule has 0 unspecified atom stereocenters. The molecule has 0 saturated heterocycles. The minimum absolute atomic E-state index is 0.0157.